The molecule has 0 spiro atoms. The second-order valence-electron chi connectivity index (χ2n) is 9.12. The Balaban J connectivity index is 1.27. The van der Waals surface area contributed by atoms with Gasteiger partial charge in [0.25, 0.3) is 5.89 Å². The maximum atomic E-state index is 13.2. The average molecular weight is 426 g/mol. The van der Waals surface area contributed by atoms with Gasteiger partial charge >= 0.3 is 0 Å². The normalized spacial score (nSPS) is 24.2. The molecule has 2 fully saturated rings. The van der Waals surface area contributed by atoms with Gasteiger partial charge in [0.2, 0.25) is 11.8 Å². The first kappa shape index (κ1) is 21.8. The molecule has 1 unspecified atom stereocenters. The highest BCUT2D eigenvalue weighted by Gasteiger charge is 2.33. The van der Waals surface area contributed by atoms with Crippen molar-refractivity contribution in [3.8, 4) is 5.75 Å². The van der Waals surface area contributed by atoms with Crippen molar-refractivity contribution in [1.82, 2.24) is 15.1 Å². The fourth-order valence-corrected chi connectivity index (χ4v) is 4.98. The van der Waals surface area contributed by atoms with Crippen molar-refractivity contribution >= 4 is 5.91 Å². The monoisotopic (exact) mass is 425 g/mol. The number of benzene rings is 1. The van der Waals surface area contributed by atoms with Crippen LogP contribution >= 0.6 is 0 Å². The molecule has 2 aromatic rings. The summed E-state index contributed by atoms with van der Waals surface area (Å²) >= 11 is 0. The third kappa shape index (κ3) is 5.86. The molecule has 6 heteroatoms. The first-order valence-corrected chi connectivity index (χ1v) is 12.0. The zero-order valence-electron chi connectivity index (χ0n) is 18.7. The first-order valence-electron chi connectivity index (χ1n) is 12.0. The van der Waals surface area contributed by atoms with Crippen LogP contribution in [0.5, 0.6) is 5.75 Å². The highest BCUT2D eigenvalue weighted by atomic mass is 16.5. The minimum Gasteiger partial charge on any atom is -0.484 e. The number of piperidine rings is 1. The van der Waals surface area contributed by atoms with E-state index in [1.165, 1.54) is 32.1 Å². The van der Waals surface area contributed by atoms with Gasteiger partial charge in [0.05, 0.1) is 5.92 Å². The van der Waals surface area contributed by atoms with Crippen LogP contribution in [0.4, 0.5) is 0 Å². The SMILES string of the molecule is CCCCC1CCC(C(=O)N2CCCC(c3nnc(COc4ccccc4)o3)C2)CC1. The van der Waals surface area contributed by atoms with E-state index in [4.69, 9.17) is 9.15 Å². The number of carbonyl (C=O) groups excluding carboxylic acids is 1. The zero-order valence-corrected chi connectivity index (χ0v) is 18.7. The van der Waals surface area contributed by atoms with Gasteiger partial charge in [-0.15, -0.1) is 10.2 Å². The van der Waals surface area contributed by atoms with Gasteiger partial charge in [-0.05, 0) is 56.6 Å². The summed E-state index contributed by atoms with van der Waals surface area (Å²) < 4.78 is 11.6. The molecule has 1 aliphatic carbocycles. The van der Waals surface area contributed by atoms with E-state index in [1.54, 1.807) is 0 Å². The summed E-state index contributed by atoms with van der Waals surface area (Å²) in [6, 6.07) is 9.62. The van der Waals surface area contributed by atoms with Crippen LogP contribution in [0.25, 0.3) is 0 Å². The zero-order chi connectivity index (χ0) is 21.5. The van der Waals surface area contributed by atoms with E-state index in [0.717, 1.165) is 43.9 Å². The number of nitrogens with zero attached hydrogens (tertiary/aromatic N) is 3. The topological polar surface area (TPSA) is 68.5 Å². The Hall–Kier alpha value is -2.37. The van der Waals surface area contributed by atoms with Gasteiger partial charge in [-0.2, -0.15) is 0 Å². The van der Waals surface area contributed by atoms with Gasteiger partial charge in [-0.25, -0.2) is 0 Å². The van der Waals surface area contributed by atoms with E-state index in [9.17, 15) is 4.79 Å². The summed E-state index contributed by atoms with van der Waals surface area (Å²) in [6.45, 7) is 4.05. The lowest BCUT2D eigenvalue weighted by atomic mass is 9.79. The van der Waals surface area contributed by atoms with Crippen LogP contribution in [0, 0.1) is 11.8 Å². The maximum Gasteiger partial charge on any atom is 0.253 e. The number of para-hydroxylation sites is 1. The number of likely N-dealkylation sites (tertiary alicyclic amines) is 1. The summed E-state index contributed by atoms with van der Waals surface area (Å²) in [4.78, 5) is 15.2. The van der Waals surface area contributed by atoms with E-state index in [1.807, 2.05) is 30.3 Å². The Kier molecular flexibility index (Phi) is 7.60. The minimum atomic E-state index is 0.122. The van der Waals surface area contributed by atoms with Crippen LogP contribution in [0.15, 0.2) is 34.7 Å². The number of aromatic nitrogens is 2. The quantitative estimate of drug-likeness (QED) is 0.570. The van der Waals surface area contributed by atoms with Crippen LogP contribution < -0.4 is 4.74 Å². The third-order valence-electron chi connectivity index (χ3n) is 6.83. The lowest BCUT2D eigenvalue weighted by Gasteiger charge is -2.36. The second kappa shape index (κ2) is 10.8. The summed E-state index contributed by atoms with van der Waals surface area (Å²) in [5.41, 5.74) is 0. The molecule has 1 atom stereocenters. The minimum absolute atomic E-state index is 0.122. The number of hydrogen-bond donors (Lipinski definition) is 0. The smallest absolute Gasteiger partial charge is 0.253 e. The van der Waals surface area contributed by atoms with Gasteiger partial charge in [0.1, 0.15) is 5.75 Å². The van der Waals surface area contributed by atoms with Crippen LogP contribution in [-0.2, 0) is 11.4 Å². The Morgan fingerprint density at radius 1 is 1.13 bits per heavy atom. The van der Waals surface area contributed by atoms with E-state index >= 15 is 0 Å². The molecule has 2 aliphatic rings. The van der Waals surface area contributed by atoms with Crippen molar-refractivity contribution < 1.29 is 13.9 Å². The summed E-state index contributed by atoms with van der Waals surface area (Å²) in [7, 11) is 0. The highest BCUT2D eigenvalue weighted by Crippen LogP contribution is 2.34. The van der Waals surface area contributed by atoms with E-state index in [2.05, 4.69) is 22.0 Å². The number of rotatable bonds is 8. The largest absolute Gasteiger partial charge is 0.484 e. The molecule has 0 N–H and O–H groups in total. The standard InChI is InChI=1S/C25H35N3O3/c1-2-3-8-19-12-14-20(15-13-19)25(29)28-16-7-9-21(17-28)24-27-26-23(31-24)18-30-22-10-5-4-6-11-22/h4-6,10-11,19-21H,2-3,7-9,12-18H2,1H3. The Morgan fingerprint density at radius 3 is 2.71 bits per heavy atom. The second-order valence-corrected chi connectivity index (χ2v) is 9.12. The summed E-state index contributed by atoms with van der Waals surface area (Å²) in [5, 5.41) is 8.42. The number of hydrogen-bond acceptors (Lipinski definition) is 5. The molecule has 1 aromatic carbocycles. The molecule has 4 rings (SSSR count). The molecule has 1 amide bonds. The molecule has 1 aromatic heterocycles. The summed E-state index contributed by atoms with van der Waals surface area (Å²) in [6.07, 6.45) is 10.4. The van der Waals surface area contributed by atoms with Crippen molar-refractivity contribution in [2.75, 3.05) is 13.1 Å². The Labute approximate surface area is 185 Å². The fourth-order valence-electron chi connectivity index (χ4n) is 4.98. The van der Waals surface area contributed by atoms with E-state index in [-0.39, 0.29) is 18.4 Å². The van der Waals surface area contributed by atoms with Crippen LogP contribution in [0.3, 0.4) is 0 Å². The van der Waals surface area contributed by atoms with Crippen molar-refractivity contribution in [3.05, 3.63) is 42.1 Å². The predicted molar refractivity (Wildman–Crippen MR) is 119 cm³/mol. The molecular weight excluding hydrogens is 390 g/mol. The van der Waals surface area contributed by atoms with Crippen molar-refractivity contribution in [2.24, 2.45) is 11.8 Å². The van der Waals surface area contributed by atoms with Gasteiger partial charge in [-0.3, -0.25) is 4.79 Å². The van der Waals surface area contributed by atoms with E-state index < -0.39 is 0 Å². The van der Waals surface area contributed by atoms with Crippen molar-refractivity contribution in [1.29, 1.82) is 0 Å². The molecule has 1 saturated heterocycles. The van der Waals surface area contributed by atoms with Gasteiger partial charge in [0.15, 0.2) is 6.61 Å². The lowest BCUT2D eigenvalue weighted by Crippen LogP contribution is -2.43. The van der Waals surface area contributed by atoms with Crippen LogP contribution in [0.2, 0.25) is 0 Å². The lowest BCUT2D eigenvalue weighted by molar-refractivity contribution is -0.138. The highest BCUT2D eigenvalue weighted by molar-refractivity contribution is 5.79. The molecule has 31 heavy (non-hydrogen) atoms. The van der Waals surface area contributed by atoms with Crippen LogP contribution in [-0.4, -0.2) is 34.1 Å². The van der Waals surface area contributed by atoms with Crippen molar-refractivity contribution in [3.63, 3.8) is 0 Å². The maximum absolute atomic E-state index is 13.2. The van der Waals surface area contributed by atoms with E-state index in [0.29, 0.717) is 24.2 Å². The Morgan fingerprint density at radius 2 is 1.94 bits per heavy atom. The molecule has 0 radical (unpaired) electrons. The Bertz CT molecular complexity index is 814. The number of carbonyl (C=O) groups is 1. The molecule has 1 aliphatic heterocycles. The third-order valence-corrected chi connectivity index (χ3v) is 6.83. The molecular formula is C25H35N3O3. The average Bonchev–Trinajstić information content (AvgIpc) is 3.31. The number of amides is 1. The van der Waals surface area contributed by atoms with Crippen LogP contribution in [0.1, 0.15) is 82.4 Å². The molecule has 2 heterocycles. The molecule has 6 nitrogen and oxygen atoms in total. The first-order chi connectivity index (χ1) is 15.2. The van der Waals surface area contributed by atoms with Gasteiger partial charge < -0.3 is 14.1 Å². The van der Waals surface area contributed by atoms with Crippen molar-refractivity contribution in [2.45, 2.75) is 77.2 Å². The molecule has 1 saturated carbocycles. The fraction of sp³-hybridized carbons (Fsp3) is 0.640. The number of ether oxygens (including phenoxy) is 1. The number of unbranched alkanes of at least 4 members (excludes halogenated alkanes) is 1. The molecule has 0 bridgehead atoms. The van der Waals surface area contributed by atoms with Gasteiger partial charge in [-0.1, -0.05) is 44.4 Å². The predicted octanol–water partition coefficient (Wildman–Crippen LogP) is 5.35. The van der Waals surface area contributed by atoms with Gasteiger partial charge in [0, 0.05) is 19.0 Å². The summed E-state index contributed by atoms with van der Waals surface area (Å²) in [5.74, 6) is 3.38. The molecule has 168 valence electrons.